The first kappa shape index (κ1) is 24.8. The highest BCUT2D eigenvalue weighted by Gasteiger charge is 2.71. The molecule has 2 aliphatic heterocycles. The lowest BCUT2D eigenvalue weighted by molar-refractivity contribution is -0.384. The quantitative estimate of drug-likeness (QED) is 0.132. The van der Waals surface area contributed by atoms with Gasteiger partial charge in [0, 0.05) is 40.4 Å². The Morgan fingerprint density at radius 1 is 0.854 bits per heavy atom. The molecule has 0 amide bonds. The zero-order chi connectivity index (χ0) is 28.5. The van der Waals surface area contributed by atoms with Crippen LogP contribution in [0.4, 0.5) is 11.4 Å². The summed E-state index contributed by atoms with van der Waals surface area (Å²) in [4.78, 5) is 56.8. The predicted molar refractivity (Wildman–Crippen MR) is 154 cm³/mol. The van der Waals surface area contributed by atoms with Gasteiger partial charge in [-0.15, -0.1) is 0 Å². The van der Waals surface area contributed by atoms with Gasteiger partial charge >= 0.3 is 0 Å². The second kappa shape index (κ2) is 8.93. The van der Waals surface area contributed by atoms with Crippen LogP contribution in [0.25, 0.3) is 6.08 Å². The fraction of sp³-hybridized carbons (Fsp3) is 0.147. The SMILES string of the molecule is Cc1ccc2c(c1)N1[C@@H](C=C2)C2(C(=O)c3ccccc3C2=O)[C@H](c2ccc([N+](=O)[O-])cc2)[C@@H]1C(=O)c1ccccc1. The summed E-state index contributed by atoms with van der Waals surface area (Å²) in [5.74, 6) is -1.80. The van der Waals surface area contributed by atoms with Crippen molar-refractivity contribution in [2.45, 2.75) is 24.9 Å². The summed E-state index contributed by atoms with van der Waals surface area (Å²) >= 11 is 0. The Morgan fingerprint density at radius 2 is 1.49 bits per heavy atom. The van der Waals surface area contributed by atoms with Crippen LogP contribution in [0.1, 0.15) is 53.7 Å². The van der Waals surface area contributed by atoms with E-state index in [-0.39, 0.29) is 23.0 Å². The second-order valence-corrected chi connectivity index (χ2v) is 10.8. The zero-order valence-electron chi connectivity index (χ0n) is 22.1. The summed E-state index contributed by atoms with van der Waals surface area (Å²) in [5, 5.41) is 11.5. The maximum Gasteiger partial charge on any atom is 0.269 e. The number of ketones is 3. The molecule has 41 heavy (non-hydrogen) atoms. The summed E-state index contributed by atoms with van der Waals surface area (Å²) in [5.41, 5.74) is 2.52. The van der Waals surface area contributed by atoms with Gasteiger partial charge in [-0.05, 0) is 29.7 Å². The summed E-state index contributed by atoms with van der Waals surface area (Å²) in [6.07, 6.45) is 3.79. The minimum atomic E-state index is -1.65. The predicted octanol–water partition coefficient (Wildman–Crippen LogP) is 6.22. The Morgan fingerprint density at radius 3 is 2.12 bits per heavy atom. The van der Waals surface area contributed by atoms with Crippen LogP contribution < -0.4 is 4.90 Å². The van der Waals surface area contributed by atoms with E-state index in [2.05, 4.69) is 0 Å². The number of anilines is 1. The van der Waals surface area contributed by atoms with Crippen LogP contribution in [0, 0.1) is 22.5 Å². The lowest BCUT2D eigenvalue weighted by Gasteiger charge is -2.37. The number of non-ortho nitro benzene ring substituents is 1. The highest BCUT2D eigenvalue weighted by Crippen LogP contribution is 2.61. The number of hydrogen-bond acceptors (Lipinski definition) is 6. The molecule has 2 heterocycles. The monoisotopic (exact) mass is 540 g/mol. The lowest BCUT2D eigenvalue weighted by Crippen LogP contribution is -2.48. The molecule has 1 saturated heterocycles. The van der Waals surface area contributed by atoms with E-state index >= 15 is 0 Å². The normalized spacial score (nSPS) is 21.5. The molecule has 3 atom stereocenters. The third kappa shape index (κ3) is 3.35. The van der Waals surface area contributed by atoms with Gasteiger partial charge in [0.1, 0.15) is 11.5 Å². The van der Waals surface area contributed by atoms with Crippen LogP contribution >= 0.6 is 0 Å². The summed E-state index contributed by atoms with van der Waals surface area (Å²) in [7, 11) is 0. The van der Waals surface area contributed by atoms with Crippen LogP contribution in [0.2, 0.25) is 0 Å². The highest BCUT2D eigenvalue weighted by molar-refractivity contribution is 6.32. The molecule has 4 aromatic carbocycles. The molecule has 1 spiro atoms. The van der Waals surface area contributed by atoms with Crippen LogP contribution in [0.15, 0.2) is 103 Å². The highest BCUT2D eigenvalue weighted by atomic mass is 16.6. The first-order valence-electron chi connectivity index (χ1n) is 13.4. The van der Waals surface area contributed by atoms with Crippen molar-refractivity contribution in [3.8, 4) is 0 Å². The van der Waals surface area contributed by atoms with Crippen molar-refractivity contribution < 1.29 is 19.3 Å². The molecule has 3 aliphatic rings. The van der Waals surface area contributed by atoms with E-state index in [1.54, 1.807) is 60.7 Å². The molecular formula is C34H24N2O5. The number of hydrogen-bond donors (Lipinski definition) is 0. The number of aryl methyl sites for hydroxylation is 1. The van der Waals surface area contributed by atoms with Crippen molar-refractivity contribution in [1.82, 2.24) is 0 Å². The number of carbonyl (C=O) groups is 3. The maximum atomic E-state index is 14.6. The molecule has 7 nitrogen and oxygen atoms in total. The molecule has 0 radical (unpaired) electrons. The fourth-order valence-electron chi connectivity index (χ4n) is 7.02. The van der Waals surface area contributed by atoms with Gasteiger partial charge in [-0.25, -0.2) is 0 Å². The largest absolute Gasteiger partial charge is 0.352 e. The van der Waals surface area contributed by atoms with E-state index in [4.69, 9.17) is 0 Å². The number of fused-ring (bicyclic) bond motifs is 5. The van der Waals surface area contributed by atoms with Crippen LogP contribution in [-0.2, 0) is 0 Å². The average Bonchev–Trinajstić information content (AvgIpc) is 3.43. The number of nitro benzene ring substituents is 1. The first-order valence-corrected chi connectivity index (χ1v) is 13.4. The van der Waals surface area contributed by atoms with Crippen molar-refractivity contribution in [1.29, 1.82) is 0 Å². The van der Waals surface area contributed by atoms with Crippen molar-refractivity contribution in [2.24, 2.45) is 5.41 Å². The van der Waals surface area contributed by atoms with Gasteiger partial charge in [0.15, 0.2) is 17.3 Å². The minimum Gasteiger partial charge on any atom is -0.352 e. The van der Waals surface area contributed by atoms with E-state index in [1.807, 2.05) is 48.2 Å². The molecule has 0 saturated carbocycles. The van der Waals surface area contributed by atoms with Gasteiger partial charge in [-0.2, -0.15) is 0 Å². The van der Waals surface area contributed by atoms with Crippen molar-refractivity contribution >= 4 is 34.8 Å². The summed E-state index contributed by atoms with van der Waals surface area (Å²) < 4.78 is 0. The van der Waals surface area contributed by atoms with E-state index in [1.165, 1.54) is 12.1 Å². The van der Waals surface area contributed by atoms with Gasteiger partial charge in [-0.1, -0.05) is 91.0 Å². The molecule has 0 N–H and O–H groups in total. The van der Waals surface area contributed by atoms with Gasteiger partial charge in [0.2, 0.25) is 0 Å². The van der Waals surface area contributed by atoms with Gasteiger partial charge in [0.05, 0.1) is 11.0 Å². The Kier molecular flexibility index (Phi) is 5.41. The van der Waals surface area contributed by atoms with E-state index in [0.717, 1.165) is 16.8 Å². The maximum absolute atomic E-state index is 14.6. The molecule has 7 rings (SSSR count). The molecule has 0 unspecified atom stereocenters. The van der Waals surface area contributed by atoms with Crippen LogP contribution in [0.3, 0.4) is 0 Å². The summed E-state index contributed by atoms with van der Waals surface area (Å²) in [6, 6.07) is 25.8. The van der Waals surface area contributed by atoms with Gasteiger partial charge in [0.25, 0.3) is 5.69 Å². The van der Waals surface area contributed by atoms with E-state index < -0.39 is 28.3 Å². The van der Waals surface area contributed by atoms with Crippen molar-refractivity contribution in [3.63, 3.8) is 0 Å². The number of nitrogens with zero attached hydrogens (tertiary/aromatic N) is 2. The van der Waals surface area contributed by atoms with Crippen LogP contribution in [0.5, 0.6) is 0 Å². The number of Topliss-reactive ketones (excluding diaryl/α,β-unsaturated/α-hetero) is 3. The Hall–Kier alpha value is -5.17. The molecule has 4 aromatic rings. The van der Waals surface area contributed by atoms with E-state index in [9.17, 15) is 24.5 Å². The number of rotatable bonds is 4. The standard InChI is InChI=1S/C34H24N2O5/c1-20-11-12-21-15-18-28-34(32(38)25-9-5-6-10-26(25)33(34)39)29(22-13-16-24(17-14-22)36(40)41)30(35(28)27(21)19-20)31(37)23-7-3-2-4-8-23/h2-19,28-30H,1H3/t28-,29+,30+/m0/s1. The number of nitro groups is 1. The molecule has 200 valence electrons. The van der Waals surface area contributed by atoms with Crippen LogP contribution in [-0.4, -0.2) is 34.4 Å². The van der Waals surface area contributed by atoms with Crippen molar-refractivity contribution in [2.75, 3.05) is 4.90 Å². The molecule has 7 heteroatoms. The van der Waals surface area contributed by atoms with E-state index in [0.29, 0.717) is 22.3 Å². The van der Waals surface area contributed by atoms with Crippen molar-refractivity contribution in [3.05, 3.63) is 147 Å². The minimum absolute atomic E-state index is 0.113. The topological polar surface area (TPSA) is 97.6 Å². The van der Waals surface area contributed by atoms with Gasteiger partial charge < -0.3 is 4.90 Å². The fourth-order valence-corrected chi connectivity index (χ4v) is 7.02. The molecular weight excluding hydrogens is 516 g/mol. The Balaban J connectivity index is 1.55. The Bertz CT molecular complexity index is 1770. The third-order valence-electron chi connectivity index (χ3n) is 8.75. The van der Waals surface area contributed by atoms with Gasteiger partial charge in [-0.3, -0.25) is 24.5 Å². The first-order chi connectivity index (χ1) is 19.8. The average molecular weight is 541 g/mol. The molecule has 1 fully saturated rings. The summed E-state index contributed by atoms with van der Waals surface area (Å²) in [6.45, 7) is 1.96. The molecule has 1 aliphatic carbocycles. The smallest absolute Gasteiger partial charge is 0.269 e. The second-order valence-electron chi connectivity index (χ2n) is 10.8. The number of benzene rings is 4. The molecule has 0 bridgehead atoms. The third-order valence-corrected chi connectivity index (χ3v) is 8.75. The lowest BCUT2D eigenvalue weighted by atomic mass is 9.64. The number of carbonyl (C=O) groups excluding carboxylic acids is 3. The molecule has 0 aromatic heterocycles. The zero-order valence-corrected chi connectivity index (χ0v) is 22.1. The Labute approximate surface area is 235 Å².